The van der Waals surface area contributed by atoms with Crippen LogP contribution in [-0.2, 0) is 16.1 Å². The minimum atomic E-state index is 0. The van der Waals surface area contributed by atoms with E-state index in [0.717, 1.165) is 38.8 Å². The Hall–Kier alpha value is -0.860. The predicted octanol–water partition coefficient (Wildman–Crippen LogP) is 4.07. The zero-order chi connectivity index (χ0) is 19.7. The molecule has 2 aliphatic heterocycles. The molecule has 4 unspecified atom stereocenters. The second-order valence-corrected chi connectivity index (χ2v) is 9.35. The van der Waals surface area contributed by atoms with E-state index < -0.39 is 0 Å². The number of likely N-dealkylation sites (tertiary alicyclic amines) is 1. The molecule has 4 aliphatic rings. The second-order valence-electron chi connectivity index (χ2n) is 9.35. The summed E-state index contributed by atoms with van der Waals surface area (Å²) in [6.45, 7) is 7.58. The Kier molecular flexibility index (Phi) is 7.25. The molecule has 2 saturated carbocycles. The van der Waals surface area contributed by atoms with E-state index in [1.54, 1.807) is 0 Å². The molecule has 0 bridgehead atoms. The smallest absolute Gasteiger partial charge is 0.194 e. The van der Waals surface area contributed by atoms with Gasteiger partial charge in [0.1, 0.15) is 0 Å². The normalized spacial score (nSPS) is 31.6. The van der Waals surface area contributed by atoms with Crippen molar-refractivity contribution in [1.29, 1.82) is 0 Å². The predicted molar refractivity (Wildman–Crippen MR) is 130 cm³/mol. The molecular weight excluding hydrogens is 489 g/mol. The molecule has 0 aromatic heterocycles. The maximum Gasteiger partial charge on any atom is 0.194 e. The number of nitrogens with one attached hydrogen (secondary N) is 1. The maximum atomic E-state index is 6.09. The number of fused-ring (bicyclic) bond motifs is 2. The third kappa shape index (κ3) is 4.11. The number of guanidine groups is 1. The van der Waals surface area contributed by atoms with Crippen molar-refractivity contribution in [3.05, 3.63) is 35.9 Å². The van der Waals surface area contributed by atoms with Gasteiger partial charge in [0.15, 0.2) is 5.96 Å². The van der Waals surface area contributed by atoms with Gasteiger partial charge in [-0.3, -0.25) is 4.99 Å². The number of ether oxygens (including phenoxy) is 2. The summed E-state index contributed by atoms with van der Waals surface area (Å²) in [5.74, 6) is 2.40. The van der Waals surface area contributed by atoms with Crippen LogP contribution in [-0.4, -0.2) is 55.9 Å². The monoisotopic (exact) mass is 525 g/mol. The van der Waals surface area contributed by atoms with Gasteiger partial charge >= 0.3 is 0 Å². The Bertz CT molecular complexity index is 724. The standard InChI is InChI=1S/C24H35N3O2.HI/c1-2-25-23(26-21-20-10-14-29-22(20)24(21)11-6-12-24)27-13-9-19(15-27)17-28-16-18-7-4-3-5-8-18;/h3-5,7-8,19-22H,2,6,9-17H2,1H3,(H,25,26);1H. The van der Waals surface area contributed by atoms with Crippen LogP contribution >= 0.6 is 24.0 Å². The van der Waals surface area contributed by atoms with Crippen LogP contribution in [0, 0.1) is 17.3 Å². The van der Waals surface area contributed by atoms with Gasteiger partial charge in [0.25, 0.3) is 0 Å². The van der Waals surface area contributed by atoms with E-state index >= 15 is 0 Å². The molecule has 1 spiro atoms. The fourth-order valence-corrected chi connectivity index (χ4v) is 6.06. The average molecular weight is 525 g/mol. The van der Waals surface area contributed by atoms with E-state index in [1.807, 2.05) is 0 Å². The average Bonchev–Trinajstić information content (AvgIpc) is 3.33. The first-order chi connectivity index (χ1) is 14.3. The van der Waals surface area contributed by atoms with Gasteiger partial charge < -0.3 is 19.7 Å². The molecule has 0 radical (unpaired) electrons. The number of halogens is 1. The zero-order valence-corrected chi connectivity index (χ0v) is 20.4. The van der Waals surface area contributed by atoms with Gasteiger partial charge in [0, 0.05) is 49.5 Å². The van der Waals surface area contributed by atoms with Crippen LogP contribution in [0.5, 0.6) is 0 Å². The van der Waals surface area contributed by atoms with Crippen molar-refractivity contribution in [3.63, 3.8) is 0 Å². The van der Waals surface area contributed by atoms with Crippen molar-refractivity contribution in [1.82, 2.24) is 10.2 Å². The molecule has 5 nitrogen and oxygen atoms in total. The summed E-state index contributed by atoms with van der Waals surface area (Å²) in [6.07, 6.45) is 6.90. The molecule has 2 aliphatic carbocycles. The summed E-state index contributed by atoms with van der Waals surface area (Å²) in [4.78, 5) is 7.35. The second kappa shape index (κ2) is 9.74. The molecular formula is C24H36IN3O2. The summed E-state index contributed by atoms with van der Waals surface area (Å²) >= 11 is 0. The Labute approximate surface area is 198 Å². The maximum absolute atomic E-state index is 6.09. The first-order valence-corrected chi connectivity index (χ1v) is 11.6. The van der Waals surface area contributed by atoms with E-state index in [-0.39, 0.29) is 24.0 Å². The molecule has 4 fully saturated rings. The highest BCUT2D eigenvalue weighted by Crippen LogP contribution is 2.62. The highest BCUT2D eigenvalue weighted by molar-refractivity contribution is 14.0. The first-order valence-electron chi connectivity index (χ1n) is 11.6. The lowest BCUT2D eigenvalue weighted by atomic mass is 9.46. The number of rotatable bonds is 6. The van der Waals surface area contributed by atoms with Crippen LogP contribution in [0.3, 0.4) is 0 Å². The van der Waals surface area contributed by atoms with Gasteiger partial charge in [-0.05, 0) is 38.2 Å². The van der Waals surface area contributed by atoms with Crippen LogP contribution in [0.15, 0.2) is 35.3 Å². The summed E-state index contributed by atoms with van der Waals surface area (Å²) in [6, 6.07) is 11.0. The van der Waals surface area contributed by atoms with Crippen molar-refractivity contribution in [2.45, 2.75) is 57.8 Å². The largest absolute Gasteiger partial charge is 0.377 e. The molecule has 1 aromatic carbocycles. The molecule has 1 aromatic rings. The fraction of sp³-hybridized carbons (Fsp3) is 0.708. The number of hydrogen-bond donors (Lipinski definition) is 1. The lowest BCUT2D eigenvalue weighted by molar-refractivity contribution is -0.171. The van der Waals surface area contributed by atoms with Gasteiger partial charge in [0.05, 0.1) is 19.3 Å². The Morgan fingerprint density at radius 2 is 2.10 bits per heavy atom. The summed E-state index contributed by atoms with van der Waals surface area (Å²) in [5, 5.41) is 3.92. The molecule has 6 heteroatoms. The summed E-state index contributed by atoms with van der Waals surface area (Å²) < 4.78 is 12.1. The Morgan fingerprint density at radius 1 is 1.27 bits per heavy atom. The van der Waals surface area contributed by atoms with Gasteiger partial charge in [-0.2, -0.15) is 0 Å². The quantitative estimate of drug-likeness (QED) is 0.346. The fourth-order valence-electron chi connectivity index (χ4n) is 6.06. The number of benzene rings is 1. The number of aliphatic imine (C=N–C) groups is 1. The molecule has 166 valence electrons. The third-order valence-electron chi connectivity index (χ3n) is 7.68. The van der Waals surface area contributed by atoms with Gasteiger partial charge in [-0.15, -0.1) is 24.0 Å². The zero-order valence-electron chi connectivity index (χ0n) is 18.1. The highest BCUT2D eigenvalue weighted by atomic mass is 127. The minimum absolute atomic E-state index is 0. The van der Waals surface area contributed by atoms with E-state index in [1.165, 1.54) is 37.7 Å². The molecule has 30 heavy (non-hydrogen) atoms. The van der Waals surface area contributed by atoms with Crippen molar-refractivity contribution in [2.24, 2.45) is 22.2 Å². The molecule has 0 amide bonds. The van der Waals surface area contributed by atoms with Gasteiger partial charge in [-0.1, -0.05) is 36.8 Å². The lowest BCUT2D eigenvalue weighted by Crippen LogP contribution is -2.72. The van der Waals surface area contributed by atoms with Gasteiger partial charge in [0.2, 0.25) is 0 Å². The van der Waals surface area contributed by atoms with E-state index in [9.17, 15) is 0 Å². The number of hydrogen-bond acceptors (Lipinski definition) is 3. The highest BCUT2D eigenvalue weighted by Gasteiger charge is 2.66. The summed E-state index contributed by atoms with van der Waals surface area (Å²) in [7, 11) is 0. The van der Waals surface area contributed by atoms with Crippen molar-refractivity contribution in [3.8, 4) is 0 Å². The lowest BCUT2D eigenvalue weighted by Gasteiger charge is -2.63. The van der Waals surface area contributed by atoms with E-state index in [0.29, 0.717) is 36.0 Å². The Morgan fingerprint density at radius 3 is 2.83 bits per heavy atom. The van der Waals surface area contributed by atoms with Crippen LogP contribution in [0.1, 0.15) is 44.6 Å². The first kappa shape index (κ1) is 22.3. The minimum Gasteiger partial charge on any atom is -0.377 e. The van der Waals surface area contributed by atoms with Crippen LogP contribution in [0.25, 0.3) is 0 Å². The van der Waals surface area contributed by atoms with E-state index in [4.69, 9.17) is 14.5 Å². The Balaban J connectivity index is 0.00000218. The number of nitrogens with zero attached hydrogens (tertiary/aromatic N) is 2. The molecule has 4 atom stereocenters. The topological polar surface area (TPSA) is 46.1 Å². The van der Waals surface area contributed by atoms with Crippen LogP contribution in [0.2, 0.25) is 0 Å². The molecule has 5 rings (SSSR count). The molecule has 1 N–H and O–H groups in total. The van der Waals surface area contributed by atoms with Gasteiger partial charge in [-0.25, -0.2) is 0 Å². The summed E-state index contributed by atoms with van der Waals surface area (Å²) in [5.41, 5.74) is 1.65. The molecule has 2 heterocycles. The van der Waals surface area contributed by atoms with E-state index in [2.05, 4.69) is 47.5 Å². The van der Waals surface area contributed by atoms with Crippen molar-refractivity contribution < 1.29 is 9.47 Å². The molecule has 2 saturated heterocycles. The SMILES string of the molecule is CCN=C(NC1C2CCOC2C12CCC2)N1CCC(COCc2ccccc2)C1.I. The van der Waals surface area contributed by atoms with Crippen molar-refractivity contribution in [2.75, 3.05) is 32.8 Å². The third-order valence-corrected chi connectivity index (χ3v) is 7.68. The van der Waals surface area contributed by atoms with Crippen LogP contribution < -0.4 is 5.32 Å². The van der Waals surface area contributed by atoms with Crippen LogP contribution in [0.4, 0.5) is 0 Å². The van der Waals surface area contributed by atoms with Crippen molar-refractivity contribution >= 4 is 29.9 Å².